The molecule has 1 heterocycles. The van der Waals surface area contributed by atoms with E-state index < -0.39 is 31.3 Å². The van der Waals surface area contributed by atoms with Crippen LogP contribution in [0, 0.1) is 23.7 Å². The molecule has 0 aromatic heterocycles. The van der Waals surface area contributed by atoms with Crippen molar-refractivity contribution in [2.45, 2.75) is 96.7 Å². The molecule has 4 fully saturated rings. The zero-order valence-corrected chi connectivity index (χ0v) is 28.1. The van der Waals surface area contributed by atoms with Crippen LogP contribution in [0.1, 0.15) is 77.2 Å². The van der Waals surface area contributed by atoms with E-state index in [0.717, 1.165) is 50.6 Å². The number of hydrogen-bond donors (Lipinski definition) is 2. The number of amides is 1. The van der Waals surface area contributed by atoms with Crippen molar-refractivity contribution in [3.05, 3.63) is 29.8 Å². The minimum Gasteiger partial charge on any atom is -0.369 e. The van der Waals surface area contributed by atoms with Crippen molar-refractivity contribution in [3.63, 3.8) is 0 Å². The van der Waals surface area contributed by atoms with Gasteiger partial charge in [0.15, 0.2) is 0 Å². The van der Waals surface area contributed by atoms with Crippen molar-refractivity contribution < 1.29 is 21.6 Å². The molecule has 4 aliphatic rings. The van der Waals surface area contributed by atoms with Gasteiger partial charge in [-0.1, -0.05) is 51.3 Å². The molecule has 1 amide bonds. The lowest BCUT2D eigenvalue weighted by Crippen LogP contribution is -2.58. The first kappa shape index (κ1) is 32.7. The van der Waals surface area contributed by atoms with Crippen molar-refractivity contribution in [2.75, 3.05) is 48.8 Å². The Morgan fingerprint density at radius 2 is 1.67 bits per heavy atom. The van der Waals surface area contributed by atoms with E-state index in [1.165, 1.54) is 18.2 Å². The van der Waals surface area contributed by atoms with Crippen LogP contribution in [0.5, 0.6) is 0 Å². The number of sulfonamides is 1. The molecule has 0 unspecified atom stereocenters. The van der Waals surface area contributed by atoms with Gasteiger partial charge in [-0.15, -0.1) is 0 Å². The molecular formula is C32H52N4O5S2. The fraction of sp³-hybridized carbons (Fsp3) is 0.781. The fourth-order valence-electron chi connectivity index (χ4n) is 8.61. The Morgan fingerprint density at radius 3 is 2.30 bits per heavy atom. The predicted molar refractivity (Wildman–Crippen MR) is 172 cm³/mol. The standard InChI is InChI=1S/C32H52N4O5S2/c1-24-10-8-9-13-28(24)35-17-19-36(20-18-35)43(40,41)23-32-16-14-25(31(32,2)3)22-29(32)34-30(37)27(15-21-42(4,38)39)33-26-11-6-5-7-12-26/h8-10,13,25-27,29,33H,5-7,11-12,14-23H2,1-4H3,(H,34,37)/t25-,27+,29+,32-/m1/s1. The summed E-state index contributed by atoms with van der Waals surface area (Å²) < 4.78 is 53.9. The second-order valence-electron chi connectivity index (χ2n) is 14.3. The summed E-state index contributed by atoms with van der Waals surface area (Å²) in [5, 5.41) is 6.80. The van der Waals surface area contributed by atoms with Crippen LogP contribution in [0.4, 0.5) is 5.69 Å². The Hall–Kier alpha value is -1.69. The number of sulfone groups is 1. The van der Waals surface area contributed by atoms with Crippen LogP contribution in [0.15, 0.2) is 24.3 Å². The monoisotopic (exact) mass is 636 g/mol. The number of piperazine rings is 1. The van der Waals surface area contributed by atoms with Gasteiger partial charge in [-0.2, -0.15) is 4.31 Å². The normalized spacial score (nSPS) is 29.1. The van der Waals surface area contributed by atoms with Crippen LogP contribution in [0.25, 0.3) is 0 Å². The summed E-state index contributed by atoms with van der Waals surface area (Å²) in [4.78, 5) is 16.1. The highest BCUT2D eigenvalue weighted by Gasteiger charge is 2.66. The average molecular weight is 637 g/mol. The van der Waals surface area contributed by atoms with E-state index in [2.05, 4.69) is 48.4 Å². The van der Waals surface area contributed by atoms with Crippen LogP contribution in [0.2, 0.25) is 0 Å². The zero-order chi connectivity index (χ0) is 31.0. The first-order valence-electron chi connectivity index (χ1n) is 16.2. The molecular weight excluding hydrogens is 585 g/mol. The molecule has 3 saturated carbocycles. The summed E-state index contributed by atoms with van der Waals surface area (Å²) in [5.41, 5.74) is 1.54. The number of aryl methyl sites for hydroxylation is 1. The molecule has 2 N–H and O–H groups in total. The van der Waals surface area contributed by atoms with Gasteiger partial charge in [-0.05, 0) is 68.4 Å². The SMILES string of the molecule is Cc1ccccc1N1CCN(S(=O)(=O)C[C@]23CC[C@H](C[C@@H]2NC(=O)[C@H](CCS(C)(=O)=O)NC2CCCCC2)C3(C)C)CC1. The van der Waals surface area contributed by atoms with Gasteiger partial charge in [-0.3, -0.25) is 4.79 Å². The van der Waals surface area contributed by atoms with Crippen molar-refractivity contribution in [3.8, 4) is 0 Å². The van der Waals surface area contributed by atoms with E-state index in [1.54, 1.807) is 4.31 Å². The number of rotatable bonds is 11. The quantitative estimate of drug-likeness (QED) is 0.382. The number of para-hydroxylation sites is 1. The predicted octanol–water partition coefficient (Wildman–Crippen LogP) is 3.48. The van der Waals surface area contributed by atoms with E-state index >= 15 is 0 Å². The first-order valence-corrected chi connectivity index (χ1v) is 19.9. The number of fused-ring (bicyclic) bond motifs is 2. The lowest BCUT2D eigenvalue weighted by Gasteiger charge is -2.45. The Bertz CT molecular complexity index is 1370. The topological polar surface area (TPSA) is 116 Å². The number of carbonyl (C=O) groups is 1. The molecule has 5 rings (SSSR count). The molecule has 1 aromatic rings. The molecule has 0 radical (unpaired) electrons. The van der Waals surface area contributed by atoms with Crippen LogP contribution in [-0.2, 0) is 24.7 Å². The Balaban J connectivity index is 1.30. The summed E-state index contributed by atoms with van der Waals surface area (Å²) in [6, 6.07) is 7.56. The van der Waals surface area contributed by atoms with Crippen LogP contribution >= 0.6 is 0 Å². The minimum absolute atomic E-state index is 0.0306. The third-order valence-corrected chi connectivity index (χ3v) is 14.4. The second kappa shape index (κ2) is 12.6. The fourth-order valence-corrected chi connectivity index (χ4v) is 11.5. The van der Waals surface area contributed by atoms with Gasteiger partial charge in [0.05, 0.1) is 17.5 Å². The molecule has 2 bridgehead atoms. The molecule has 3 aliphatic carbocycles. The number of carbonyl (C=O) groups excluding carboxylic acids is 1. The van der Waals surface area contributed by atoms with Gasteiger partial charge in [0.25, 0.3) is 0 Å². The van der Waals surface area contributed by atoms with Crippen molar-refractivity contribution >= 4 is 31.5 Å². The van der Waals surface area contributed by atoms with Crippen LogP contribution < -0.4 is 15.5 Å². The Kier molecular flexibility index (Phi) is 9.58. The molecule has 242 valence electrons. The molecule has 1 aliphatic heterocycles. The van der Waals surface area contributed by atoms with Crippen molar-refractivity contribution in [2.24, 2.45) is 16.7 Å². The third-order valence-electron chi connectivity index (χ3n) is 11.4. The highest BCUT2D eigenvalue weighted by atomic mass is 32.2. The van der Waals surface area contributed by atoms with Crippen molar-refractivity contribution in [1.82, 2.24) is 14.9 Å². The summed E-state index contributed by atoms with van der Waals surface area (Å²) in [7, 11) is -6.81. The largest absolute Gasteiger partial charge is 0.369 e. The smallest absolute Gasteiger partial charge is 0.237 e. The molecule has 9 nitrogen and oxygen atoms in total. The number of anilines is 1. The highest BCUT2D eigenvalue weighted by molar-refractivity contribution is 7.90. The van der Waals surface area contributed by atoms with Crippen molar-refractivity contribution in [1.29, 1.82) is 0 Å². The van der Waals surface area contributed by atoms with Crippen LogP contribution in [-0.4, -0.2) is 89.1 Å². The van der Waals surface area contributed by atoms with Crippen LogP contribution in [0.3, 0.4) is 0 Å². The maximum Gasteiger partial charge on any atom is 0.237 e. The lowest BCUT2D eigenvalue weighted by molar-refractivity contribution is -0.125. The molecule has 0 spiro atoms. The van der Waals surface area contributed by atoms with Gasteiger partial charge < -0.3 is 15.5 Å². The average Bonchev–Trinajstić information content (AvgIpc) is 3.30. The Morgan fingerprint density at radius 1 is 1.00 bits per heavy atom. The number of benzene rings is 1. The molecule has 43 heavy (non-hydrogen) atoms. The maximum absolute atomic E-state index is 14.1. The zero-order valence-electron chi connectivity index (χ0n) is 26.5. The molecule has 4 atom stereocenters. The summed E-state index contributed by atoms with van der Waals surface area (Å²) >= 11 is 0. The maximum atomic E-state index is 14.1. The van der Waals surface area contributed by atoms with Gasteiger partial charge in [-0.25, -0.2) is 16.8 Å². The molecule has 11 heteroatoms. The van der Waals surface area contributed by atoms with Gasteiger partial charge >= 0.3 is 0 Å². The number of hydrogen-bond acceptors (Lipinski definition) is 7. The lowest BCUT2D eigenvalue weighted by atomic mass is 9.69. The minimum atomic E-state index is -3.58. The van der Waals surface area contributed by atoms with E-state index in [1.807, 2.05) is 12.1 Å². The first-order chi connectivity index (χ1) is 20.2. The number of nitrogens with zero attached hydrogens (tertiary/aromatic N) is 2. The molecule has 1 saturated heterocycles. The van der Waals surface area contributed by atoms with E-state index in [-0.39, 0.29) is 41.3 Å². The third kappa shape index (κ3) is 6.94. The second-order valence-corrected chi connectivity index (χ2v) is 18.5. The van der Waals surface area contributed by atoms with Gasteiger partial charge in [0.2, 0.25) is 15.9 Å². The van der Waals surface area contributed by atoms with E-state index in [0.29, 0.717) is 32.1 Å². The highest BCUT2D eigenvalue weighted by Crippen LogP contribution is 2.66. The van der Waals surface area contributed by atoms with E-state index in [9.17, 15) is 21.6 Å². The summed E-state index contributed by atoms with van der Waals surface area (Å²) in [6.45, 7) is 8.66. The molecule has 1 aromatic carbocycles. The summed E-state index contributed by atoms with van der Waals surface area (Å²) in [5.74, 6) is 0.123. The number of nitrogens with one attached hydrogen (secondary N) is 2. The van der Waals surface area contributed by atoms with Gasteiger partial charge in [0.1, 0.15) is 9.84 Å². The Labute approximate surface area is 259 Å². The summed E-state index contributed by atoms with van der Waals surface area (Å²) in [6.07, 6.45) is 9.30. The van der Waals surface area contributed by atoms with Gasteiger partial charge in [0, 0.05) is 55.6 Å². The van der Waals surface area contributed by atoms with E-state index in [4.69, 9.17) is 0 Å².